The number of ether oxygens (including phenoxy) is 2. The number of hydrogen-bond donors (Lipinski definition) is 2. The fourth-order valence-corrected chi connectivity index (χ4v) is 9.50. The molecule has 0 rings (SSSR count). The SMILES string of the molecule is CC/C=C\C/C=C\C/C=C\C/C=C\C/C=C\C/C=C\C/C=C\CCCCCCCC(=O)OC(COC(=O)CCCCCCCCCCCCCCCCCCCCCCCCCCCCC)COP(=O)(O)OCCN. The number of hydrogen-bond acceptors (Lipinski definition) is 8. The highest BCUT2D eigenvalue weighted by molar-refractivity contribution is 7.47. The average Bonchev–Trinajstić information content (AvgIpc) is 3.40. The Morgan fingerprint density at radius 2 is 0.733 bits per heavy atom. The zero-order valence-electron chi connectivity index (χ0n) is 48.5. The van der Waals surface area contributed by atoms with Gasteiger partial charge in [-0.3, -0.25) is 18.6 Å². The van der Waals surface area contributed by atoms with Crippen molar-refractivity contribution in [1.82, 2.24) is 0 Å². The normalized spacial score (nSPS) is 13.6. The van der Waals surface area contributed by atoms with Crippen LogP contribution in [0.15, 0.2) is 85.1 Å². The van der Waals surface area contributed by atoms with E-state index in [0.717, 1.165) is 96.3 Å². The van der Waals surface area contributed by atoms with Gasteiger partial charge in [0.15, 0.2) is 6.10 Å². The minimum atomic E-state index is -4.40. The molecule has 0 fully saturated rings. The highest BCUT2D eigenvalue weighted by atomic mass is 31.2. The molecule has 0 aromatic carbocycles. The van der Waals surface area contributed by atoms with Gasteiger partial charge in [0.05, 0.1) is 13.2 Å². The summed E-state index contributed by atoms with van der Waals surface area (Å²) in [5.74, 6) is -0.844. The van der Waals surface area contributed by atoms with Crippen LogP contribution in [0.4, 0.5) is 0 Å². The van der Waals surface area contributed by atoms with Crippen LogP contribution >= 0.6 is 7.82 Å². The fraction of sp³-hybridized carbons (Fsp3) is 0.754. The van der Waals surface area contributed by atoms with Crippen molar-refractivity contribution in [3.63, 3.8) is 0 Å². The predicted molar refractivity (Wildman–Crippen MR) is 321 cm³/mol. The van der Waals surface area contributed by atoms with Gasteiger partial charge in [-0.1, -0.05) is 285 Å². The zero-order valence-corrected chi connectivity index (χ0v) is 49.4. The third-order valence-electron chi connectivity index (χ3n) is 13.3. The highest BCUT2D eigenvalue weighted by Crippen LogP contribution is 2.43. The summed E-state index contributed by atoms with van der Waals surface area (Å²) in [4.78, 5) is 35.2. The van der Waals surface area contributed by atoms with E-state index >= 15 is 0 Å². The summed E-state index contributed by atoms with van der Waals surface area (Å²) in [6.07, 6.45) is 79.4. The van der Waals surface area contributed by atoms with Crippen LogP contribution in [0.25, 0.3) is 0 Å². The number of rotatable bonds is 58. The van der Waals surface area contributed by atoms with Crippen molar-refractivity contribution in [2.24, 2.45) is 5.73 Å². The molecule has 0 saturated carbocycles. The molecule has 0 aliphatic carbocycles. The third kappa shape index (κ3) is 60.3. The summed E-state index contributed by atoms with van der Waals surface area (Å²) in [6, 6.07) is 0. The molecule has 0 aliphatic heterocycles. The molecule has 2 unspecified atom stereocenters. The van der Waals surface area contributed by atoms with Gasteiger partial charge in [0, 0.05) is 19.4 Å². The van der Waals surface area contributed by atoms with E-state index in [1.807, 2.05) is 0 Å². The Morgan fingerprint density at radius 1 is 0.413 bits per heavy atom. The molecule has 0 bridgehead atoms. The first-order valence-corrected chi connectivity index (χ1v) is 32.6. The lowest BCUT2D eigenvalue weighted by molar-refractivity contribution is -0.161. The van der Waals surface area contributed by atoms with E-state index < -0.39 is 26.5 Å². The first-order valence-electron chi connectivity index (χ1n) is 31.1. The molecule has 0 aromatic rings. The maximum Gasteiger partial charge on any atom is 0.472 e. The van der Waals surface area contributed by atoms with Gasteiger partial charge in [-0.2, -0.15) is 0 Å². The smallest absolute Gasteiger partial charge is 0.462 e. The van der Waals surface area contributed by atoms with Crippen LogP contribution < -0.4 is 5.73 Å². The van der Waals surface area contributed by atoms with Gasteiger partial charge in [0.2, 0.25) is 0 Å². The van der Waals surface area contributed by atoms with E-state index in [-0.39, 0.29) is 38.6 Å². The van der Waals surface area contributed by atoms with Crippen molar-refractivity contribution >= 4 is 19.8 Å². The maximum atomic E-state index is 12.7. The van der Waals surface area contributed by atoms with Gasteiger partial charge in [0.25, 0.3) is 0 Å². The zero-order chi connectivity index (χ0) is 54.5. The molecular formula is C65H116NO8P. The van der Waals surface area contributed by atoms with E-state index in [1.165, 1.54) is 154 Å². The van der Waals surface area contributed by atoms with Gasteiger partial charge < -0.3 is 20.1 Å². The fourth-order valence-electron chi connectivity index (χ4n) is 8.74. The second-order valence-electron chi connectivity index (χ2n) is 20.6. The summed E-state index contributed by atoms with van der Waals surface area (Å²) in [7, 11) is -4.40. The van der Waals surface area contributed by atoms with Gasteiger partial charge in [-0.05, 0) is 70.6 Å². The monoisotopic (exact) mass is 1070 g/mol. The van der Waals surface area contributed by atoms with Crippen LogP contribution in [0.5, 0.6) is 0 Å². The van der Waals surface area contributed by atoms with Crippen LogP contribution in [0.1, 0.15) is 284 Å². The minimum absolute atomic E-state index is 0.0470. The third-order valence-corrected chi connectivity index (χ3v) is 14.3. The molecule has 0 radical (unpaired) electrons. The van der Waals surface area contributed by atoms with Crippen LogP contribution in [0, 0.1) is 0 Å². The predicted octanol–water partition coefficient (Wildman–Crippen LogP) is 19.9. The minimum Gasteiger partial charge on any atom is -0.462 e. The van der Waals surface area contributed by atoms with Crippen molar-refractivity contribution in [2.45, 2.75) is 290 Å². The van der Waals surface area contributed by atoms with E-state index in [1.54, 1.807) is 0 Å². The number of unbranched alkanes of at least 4 members (excludes halogenated alkanes) is 31. The number of allylic oxidation sites excluding steroid dienone is 14. The van der Waals surface area contributed by atoms with Crippen LogP contribution in [0.2, 0.25) is 0 Å². The standard InChI is InChI=1S/C65H116NO8P/c1-3-5-7-9-11-13-15-17-19-21-23-25-27-29-31-33-35-37-39-41-43-45-47-49-51-53-55-57-64(67)71-61-63(62-73-75(69,70)72-60-59-66)74-65(68)58-56-54-52-50-48-46-44-42-40-38-36-34-32-30-28-26-24-22-20-18-16-14-12-10-8-6-4-2/h6,8,12,14,18,20,24,26,30,32,36,38,42,44,63H,3-5,7,9-11,13,15-17,19,21-23,25,27-29,31,33-35,37,39-41,43,45-62,66H2,1-2H3,(H,69,70)/b8-6-,14-12-,20-18-,26-24-,32-30-,38-36-,44-42-. The van der Waals surface area contributed by atoms with Crippen LogP contribution in [-0.4, -0.2) is 49.3 Å². The van der Waals surface area contributed by atoms with E-state index in [2.05, 4.69) is 98.9 Å². The Labute approximate surface area is 462 Å². The van der Waals surface area contributed by atoms with Crippen LogP contribution in [-0.2, 0) is 32.7 Å². The van der Waals surface area contributed by atoms with Crippen molar-refractivity contribution in [2.75, 3.05) is 26.4 Å². The Bertz CT molecular complexity index is 1500. The van der Waals surface area contributed by atoms with Crippen molar-refractivity contribution < 1.29 is 37.6 Å². The van der Waals surface area contributed by atoms with Crippen LogP contribution in [0.3, 0.4) is 0 Å². The molecule has 75 heavy (non-hydrogen) atoms. The molecule has 0 amide bonds. The Kier molecular flexibility index (Phi) is 58.2. The van der Waals surface area contributed by atoms with Gasteiger partial charge >= 0.3 is 19.8 Å². The molecule has 0 heterocycles. The van der Waals surface area contributed by atoms with Gasteiger partial charge in [0.1, 0.15) is 6.61 Å². The van der Waals surface area contributed by atoms with Gasteiger partial charge in [-0.15, -0.1) is 0 Å². The highest BCUT2D eigenvalue weighted by Gasteiger charge is 2.26. The van der Waals surface area contributed by atoms with E-state index in [9.17, 15) is 19.0 Å². The summed E-state index contributed by atoms with van der Waals surface area (Å²) < 4.78 is 33.1. The summed E-state index contributed by atoms with van der Waals surface area (Å²) >= 11 is 0. The number of phosphoric ester groups is 1. The molecule has 0 spiro atoms. The Hall–Kier alpha value is -2.81. The number of esters is 2. The number of phosphoric acid groups is 1. The first kappa shape index (κ1) is 72.2. The summed E-state index contributed by atoms with van der Waals surface area (Å²) in [6.45, 7) is 3.64. The summed E-state index contributed by atoms with van der Waals surface area (Å²) in [5.41, 5.74) is 5.39. The quantitative estimate of drug-likeness (QED) is 0.0264. The molecule has 2 atom stereocenters. The Morgan fingerprint density at radius 3 is 1.09 bits per heavy atom. The number of carbonyl (C=O) groups is 2. The van der Waals surface area contributed by atoms with E-state index in [4.69, 9.17) is 24.3 Å². The molecule has 0 aliphatic rings. The summed E-state index contributed by atoms with van der Waals surface area (Å²) in [5, 5.41) is 0. The average molecular weight is 1070 g/mol. The van der Waals surface area contributed by atoms with Crippen molar-refractivity contribution in [3.8, 4) is 0 Å². The van der Waals surface area contributed by atoms with E-state index in [0.29, 0.717) is 6.42 Å². The second kappa shape index (κ2) is 60.4. The molecule has 3 N–H and O–H groups in total. The number of nitrogens with two attached hydrogens (primary N) is 1. The molecular weight excluding hydrogens is 954 g/mol. The number of carbonyl (C=O) groups excluding carboxylic acids is 2. The molecule has 10 heteroatoms. The van der Waals surface area contributed by atoms with Crippen molar-refractivity contribution in [1.29, 1.82) is 0 Å². The van der Waals surface area contributed by atoms with Gasteiger partial charge in [-0.25, -0.2) is 4.57 Å². The lowest BCUT2D eigenvalue weighted by Crippen LogP contribution is -2.29. The molecule has 434 valence electrons. The second-order valence-corrected chi connectivity index (χ2v) is 22.0. The van der Waals surface area contributed by atoms with Crippen molar-refractivity contribution in [3.05, 3.63) is 85.1 Å². The largest absolute Gasteiger partial charge is 0.472 e. The first-order chi connectivity index (χ1) is 36.8. The molecule has 9 nitrogen and oxygen atoms in total. The topological polar surface area (TPSA) is 134 Å². The Balaban J connectivity index is 3.99. The maximum absolute atomic E-state index is 12.7. The lowest BCUT2D eigenvalue weighted by atomic mass is 10.0. The molecule has 0 aromatic heterocycles. The lowest BCUT2D eigenvalue weighted by Gasteiger charge is -2.19. The molecule has 0 saturated heterocycles.